The van der Waals surface area contributed by atoms with Gasteiger partial charge in [-0.05, 0) is 63.4 Å². The standard InChI is InChI=1S/C45H77N3O17P2/c1-4-6-7-8-9-10-11-12-13-14-18-21-25-36(49)37(50)26-23-28-41(52)63-35(31-60-40(51)27-22-19-16-15-17-20-24-34(3)5-2)32-61-66(56,57)65-67(58,59)62-33-38-42(53)43(54)44(64-38)48-30-29-39(46)47-45(48)55/h9-10,12-13,18,21,29-30,34-38,42-44,49-50,53-54H,4-8,11,14-17,19-20,22-28,31-33H2,1-3H3,(H,56,57)(H,58,59)(H2,46,47,55)/b10-9-,13-12-,21-18-/t34?,35-,36?,37?,38-,42-,43-,44-/m1/s1. The zero-order valence-electron chi connectivity index (χ0n) is 39.3. The minimum Gasteiger partial charge on any atom is -0.462 e. The van der Waals surface area contributed by atoms with Crippen LogP contribution in [0.25, 0.3) is 0 Å². The fraction of sp³-hybridized carbons (Fsp3) is 0.733. The van der Waals surface area contributed by atoms with E-state index >= 15 is 0 Å². The molecule has 8 N–H and O–H groups in total. The number of carbonyl (C=O) groups is 2. The van der Waals surface area contributed by atoms with Gasteiger partial charge in [-0.1, -0.05) is 115 Å². The van der Waals surface area contributed by atoms with Gasteiger partial charge in [-0.3, -0.25) is 23.2 Å². The predicted molar refractivity (Wildman–Crippen MR) is 250 cm³/mol. The molecule has 0 aromatic carbocycles. The zero-order valence-corrected chi connectivity index (χ0v) is 41.1. The highest BCUT2D eigenvalue weighted by atomic mass is 31.3. The van der Waals surface area contributed by atoms with E-state index in [1.807, 2.05) is 12.2 Å². The fourth-order valence-electron chi connectivity index (χ4n) is 6.74. The summed E-state index contributed by atoms with van der Waals surface area (Å²) >= 11 is 0. The molecule has 0 spiro atoms. The number of nitrogens with two attached hydrogens (primary N) is 1. The van der Waals surface area contributed by atoms with E-state index in [1.54, 1.807) is 6.08 Å². The van der Waals surface area contributed by atoms with Gasteiger partial charge in [0.1, 0.15) is 30.7 Å². The van der Waals surface area contributed by atoms with Crippen molar-refractivity contribution in [2.45, 2.75) is 186 Å². The number of carbonyl (C=O) groups excluding carboxylic acids is 2. The van der Waals surface area contributed by atoms with Crippen molar-refractivity contribution in [2.75, 3.05) is 25.6 Å². The second kappa shape index (κ2) is 33.4. The van der Waals surface area contributed by atoms with Crippen LogP contribution in [0, 0.1) is 5.92 Å². The molecule has 5 unspecified atom stereocenters. The number of nitrogens with zero attached hydrogens (tertiary/aromatic N) is 2. The summed E-state index contributed by atoms with van der Waals surface area (Å²) in [6, 6.07) is 1.23. The number of phosphoric ester groups is 2. The van der Waals surface area contributed by atoms with Crippen molar-refractivity contribution in [3.63, 3.8) is 0 Å². The third-order valence-corrected chi connectivity index (χ3v) is 13.6. The van der Waals surface area contributed by atoms with Crippen LogP contribution in [-0.4, -0.2) is 108 Å². The summed E-state index contributed by atoms with van der Waals surface area (Å²) in [7, 11) is -11.0. The average molecular weight is 994 g/mol. The number of hydrogen-bond donors (Lipinski definition) is 7. The number of phosphoric acid groups is 2. The first-order valence-electron chi connectivity index (χ1n) is 23.6. The minimum atomic E-state index is -5.49. The maximum atomic E-state index is 12.9. The van der Waals surface area contributed by atoms with Gasteiger partial charge in [0, 0.05) is 19.0 Å². The summed E-state index contributed by atoms with van der Waals surface area (Å²) < 4.78 is 56.3. The quantitative estimate of drug-likeness (QED) is 0.0159. The van der Waals surface area contributed by atoms with Crippen LogP contribution in [0.15, 0.2) is 53.5 Å². The lowest BCUT2D eigenvalue weighted by Gasteiger charge is -2.22. The normalized spacial score (nSPS) is 21.3. The second-order valence-electron chi connectivity index (χ2n) is 16.8. The number of anilines is 1. The molecule has 1 aromatic rings. The van der Waals surface area contributed by atoms with E-state index < -0.39 is 95.9 Å². The number of allylic oxidation sites excluding steroid dienone is 5. The minimum absolute atomic E-state index is 0.0354. The molecule has 22 heteroatoms. The topological polar surface area (TPSA) is 306 Å². The number of aromatic nitrogens is 2. The number of rotatable bonds is 37. The second-order valence-corrected chi connectivity index (χ2v) is 19.9. The third-order valence-electron chi connectivity index (χ3n) is 11.0. The van der Waals surface area contributed by atoms with Gasteiger partial charge in [-0.15, -0.1) is 0 Å². The molecule has 0 aliphatic carbocycles. The molecule has 2 rings (SSSR count). The Morgan fingerprint density at radius 1 is 0.821 bits per heavy atom. The van der Waals surface area contributed by atoms with E-state index in [2.05, 4.69) is 48.3 Å². The Morgan fingerprint density at radius 3 is 2.15 bits per heavy atom. The van der Waals surface area contributed by atoms with E-state index in [0.717, 1.165) is 62.1 Å². The van der Waals surface area contributed by atoms with Crippen LogP contribution in [0.1, 0.15) is 149 Å². The number of hydrogen-bond acceptors (Lipinski definition) is 17. The number of esters is 2. The number of aliphatic hydroxyl groups excluding tert-OH is 4. The van der Waals surface area contributed by atoms with Crippen LogP contribution >= 0.6 is 15.6 Å². The number of ether oxygens (including phenoxy) is 3. The molecular formula is C45H77N3O17P2. The number of nitrogen functional groups attached to an aromatic ring is 1. The van der Waals surface area contributed by atoms with Gasteiger partial charge >= 0.3 is 33.3 Å². The van der Waals surface area contributed by atoms with Gasteiger partial charge in [0.05, 0.1) is 25.4 Å². The summed E-state index contributed by atoms with van der Waals surface area (Å²) in [6.07, 6.45) is 17.2. The molecule has 1 saturated heterocycles. The monoisotopic (exact) mass is 993 g/mol. The lowest BCUT2D eigenvalue weighted by Crippen LogP contribution is -2.36. The maximum Gasteiger partial charge on any atom is 0.481 e. The Balaban J connectivity index is 1.90. The molecule has 0 amide bonds. The molecule has 1 fully saturated rings. The summed E-state index contributed by atoms with van der Waals surface area (Å²) in [5, 5.41) is 41.7. The van der Waals surface area contributed by atoms with Crippen LogP contribution in [-0.2, 0) is 46.3 Å². The molecule has 0 radical (unpaired) electrons. The highest BCUT2D eigenvalue weighted by Gasteiger charge is 2.46. The van der Waals surface area contributed by atoms with Crippen LogP contribution in [0.2, 0.25) is 0 Å². The summed E-state index contributed by atoms with van der Waals surface area (Å²) in [6.45, 7) is 4.03. The van der Waals surface area contributed by atoms with Crippen LogP contribution in [0.3, 0.4) is 0 Å². The highest BCUT2D eigenvalue weighted by molar-refractivity contribution is 7.61. The summed E-state index contributed by atoms with van der Waals surface area (Å²) in [5.41, 5.74) is 4.55. The first kappa shape index (κ1) is 60.0. The maximum absolute atomic E-state index is 12.9. The van der Waals surface area contributed by atoms with Gasteiger partial charge in [0.2, 0.25) is 0 Å². The molecule has 10 atom stereocenters. The molecular weight excluding hydrogens is 916 g/mol. The average Bonchev–Trinajstić information content (AvgIpc) is 3.55. The molecule has 1 aliphatic heterocycles. The zero-order chi connectivity index (χ0) is 49.7. The molecule has 67 heavy (non-hydrogen) atoms. The van der Waals surface area contributed by atoms with Gasteiger partial charge in [-0.25, -0.2) is 13.9 Å². The van der Waals surface area contributed by atoms with E-state index in [1.165, 1.54) is 31.7 Å². The Bertz CT molecular complexity index is 1810. The van der Waals surface area contributed by atoms with Crippen molar-refractivity contribution in [1.29, 1.82) is 0 Å². The number of unbranched alkanes of at least 4 members (excludes halogenated alkanes) is 8. The van der Waals surface area contributed by atoms with Crippen LogP contribution in [0.4, 0.5) is 5.82 Å². The summed E-state index contributed by atoms with van der Waals surface area (Å²) in [5.74, 6) is -0.903. The third kappa shape index (κ3) is 26.5. The Hall–Kier alpha value is -3.10. The van der Waals surface area contributed by atoms with Crippen molar-refractivity contribution in [3.8, 4) is 0 Å². The molecule has 0 bridgehead atoms. The number of aliphatic hydroxyl groups is 4. The van der Waals surface area contributed by atoms with E-state index in [0.29, 0.717) is 18.8 Å². The first-order valence-corrected chi connectivity index (χ1v) is 26.6. The molecule has 20 nitrogen and oxygen atoms in total. The summed E-state index contributed by atoms with van der Waals surface area (Å²) in [4.78, 5) is 61.7. The molecule has 1 aliphatic rings. The van der Waals surface area contributed by atoms with Crippen molar-refractivity contribution in [3.05, 3.63) is 59.2 Å². The molecule has 2 heterocycles. The van der Waals surface area contributed by atoms with Crippen LogP contribution in [0.5, 0.6) is 0 Å². The smallest absolute Gasteiger partial charge is 0.462 e. The Kier molecular flexibility index (Phi) is 30.0. The Morgan fingerprint density at radius 2 is 1.46 bits per heavy atom. The molecule has 384 valence electrons. The van der Waals surface area contributed by atoms with Gasteiger partial charge in [-0.2, -0.15) is 9.29 Å². The van der Waals surface area contributed by atoms with E-state index in [9.17, 15) is 53.7 Å². The van der Waals surface area contributed by atoms with Crippen LogP contribution < -0.4 is 11.4 Å². The van der Waals surface area contributed by atoms with Crippen molar-refractivity contribution < 1.29 is 76.5 Å². The van der Waals surface area contributed by atoms with Gasteiger partial charge in [0.15, 0.2) is 12.3 Å². The first-order chi connectivity index (χ1) is 31.9. The Labute approximate surface area is 394 Å². The van der Waals surface area contributed by atoms with Gasteiger partial charge in [0.25, 0.3) is 0 Å². The van der Waals surface area contributed by atoms with Crippen molar-refractivity contribution >= 4 is 33.4 Å². The molecule has 0 saturated carbocycles. The van der Waals surface area contributed by atoms with Crippen molar-refractivity contribution in [1.82, 2.24) is 9.55 Å². The largest absolute Gasteiger partial charge is 0.481 e. The molecule has 1 aromatic heterocycles. The predicted octanol–water partition coefficient (Wildman–Crippen LogP) is 6.63. The lowest BCUT2D eigenvalue weighted by molar-refractivity contribution is -0.161. The highest BCUT2D eigenvalue weighted by Crippen LogP contribution is 2.60. The van der Waals surface area contributed by atoms with Gasteiger partial charge < -0.3 is 50.2 Å². The fourth-order valence-corrected chi connectivity index (χ4v) is 8.85. The van der Waals surface area contributed by atoms with E-state index in [-0.39, 0.29) is 37.9 Å². The van der Waals surface area contributed by atoms with E-state index in [4.69, 9.17) is 29.0 Å². The lowest BCUT2D eigenvalue weighted by atomic mass is 10.00. The van der Waals surface area contributed by atoms with Crippen molar-refractivity contribution in [2.24, 2.45) is 5.92 Å². The SMILES string of the molecule is CCCCC/C=C\C/C=C\C/C=C\CC(O)C(O)CCCC(=O)O[C@H](COC(=O)CCCCCCCCC(C)CC)COP(=O)(O)OP(=O)(O)OC[C@H]1O[C@@H](n2ccc(N)nc2=O)[C@H](O)[C@@H]1O.